The second kappa shape index (κ2) is 7.52. The van der Waals surface area contributed by atoms with E-state index in [0.717, 1.165) is 23.9 Å². The smallest absolute Gasteiger partial charge is 0.233 e. The van der Waals surface area contributed by atoms with Crippen LogP contribution in [0.25, 0.3) is 5.69 Å². The zero-order chi connectivity index (χ0) is 15.2. The van der Waals surface area contributed by atoms with Gasteiger partial charge < -0.3 is 4.90 Å². The van der Waals surface area contributed by atoms with Gasteiger partial charge in [-0.3, -0.25) is 9.36 Å². The third-order valence-corrected chi connectivity index (χ3v) is 4.32. The van der Waals surface area contributed by atoms with Crippen molar-refractivity contribution in [2.75, 3.05) is 18.8 Å². The average molecular weight is 324 g/mol. The predicted octanol–water partition coefficient (Wildman–Crippen LogP) is 3.49. The first kappa shape index (κ1) is 15.9. The summed E-state index contributed by atoms with van der Waals surface area (Å²) < 4.78 is 1.94. The highest BCUT2D eigenvalue weighted by Gasteiger charge is 2.13. The highest BCUT2D eigenvalue weighted by Crippen LogP contribution is 2.22. The monoisotopic (exact) mass is 323 g/mol. The lowest BCUT2D eigenvalue weighted by Crippen LogP contribution is -2.31. The molecule has 112 valence electrons. The van der Waals surface area contributed by atoms with E-state index < -0.39 is 0 Å². The van der Waals surface area contributed by atoms with Crippen molar-refractivity contribution in [2.24, 2.45) is 0 Å². The van der Waals surface area contributed by atoms with Gasteiger partial charge in [0, 0.05) is 36.2 Å². The van der Waals surface area contributed by atoms with Gasteiger partial charge in [0.15, 0.2) is 5.16 Å². The van der Waals surface area contributed by atoms with Gasteiger partial charge in [-0.1, -0.05) is 29.4 Å². The number of rotatable bonds is 6. The molecule has 0 aliphatic carbocycles. The summed E-state index contributed by atoms with van der Waals surface area (Å²) in [6.45, 7) is 5.44. The highest BCUT2D eigenvalue weighted by atomic mass is 35.5. The van der Waals surface area contributed by atoms with E-state index in [1.165, 1.54) is 11.8 Å². The molecule has 0 aliphatic heterocycles. The summed E-state index contributed by atoms with van der Waals surface area (Å²) in [5.74, 6) is 0.518. The highest BCUT2D eigenvalue weighted by molar-refractivity contribution is 7.99. The van der Waals surface area contributed by atoms with Crippen LogP contribution in [0.5, 0.6) is 0 Å². The van der Waals surface area contributed by atoms with Crippen LogP contribution in [0.1, 0.15) is 13.8 Å². The third kappa shape index (κ3) is 4.02. The van der Waals surface area contributed by atoms with E-state index in [0.29, 0.717) is 10.8 Å². The Bertz CT molecular complexity index is 610. The summed E-state index contributed by atoms with van der Waals surface area (Å²) in [6, 6.07) is 7.56. The second-order valence-electron chi connectivity index (χ2n) is 4.41. The summed E-state index contributed by atoms with van der Waals surface area (Å²) >= 11 is 7.46. The Kier molecular flexibility index (Phi) is 5.70. The van der Waals surface area contributed by atoms with Crippen LogP contribution in [0.2, 0.25) is 5.02 Å². The molecule has 0 saturated heterocycles. The standard InChI is InChI=1S/C15H18ClN3OS/c1-3-18(4-2)14(20)11-21-15-17-8-9-19(15)13-7-5-6-12(16)10-13/h5-10H,3-4,11H2,1-2H3. The molecule has 2 aromatic rings. The van der Waals surface area contributed by atoms with Gasteiger partial charge in [-0.2, -0.15) is 0 Å². The summed E-state index contributed by atoms with van der Waals surface area (Å²) in [5, 5.41) is 1.47. The summed E-state index contributed by atoms with van der Waals surface area (Å²) in [4.78, 5) is 18.2. The minimum atomic E-state index is 0.130. The first-order chi connectivity index (χ1) is 10.2. The molecule has 0 atom stereocenters. The first-order valence-corrected chi connectivity index (χ1v) is 8.22. The van der Waals surface area contributed by atoms with Gasteiger partial charge in [0.1, 0.15) is 0 Å². The number of carbonyl (C=O) groups excluding carboxylic acids is 1. The fourth-order valence-corrected chi connectivity index (χ4v) is 3.07. The molecule has 4 nitrogen and oxygen atoms in total. The van der Waals surface area contributed by atoms with E-state index in [1.807, 2.05) is 53.8 Å². The molecule has 0 saturated carbocycles. The van der Waals surface area contributed by atoms with Crippen molar-refractivity contribution in [1.82, 2.24) is 14.5 Å². The van der Waals surface area contributed by atoms with Crippen molar-refractivity contribution in [3.05, 3.63) is 41.7 Å². The van der Waals surface area contributed by atoms with Crippen LogP contribution in [-0.4, -0.2) is 39.2 Å². The van der Waals surface area contributed by atoms with Crippen LogP contribution in [-0.2, 0) is 4.79 Å². The van der Waals surface area contributed by atoms with Gasteiger partial charge in [0.05, 0.1) is 5.75 Å². The zero-order valence-electron chi connectivity index (χ0n) is 12.1. The van der Waals surface area contributed by atoms with Gasteiger partial charge in [0.25, 0.3) is 0 Å². The number of benzene rings is 1. The molecule has 21 heavy (non-hydrogen) atoms. The summed E-state index contributed by atoms with van der Waals surface area (Å²) in [6.07, 6.45) is 3.60. The Morgan fingerprint density at radius 1 is 1.38 bits per heavy atom. The van der Waals surface area contributed by atoms with Crippen LogP contribution < -0.4 is 0 Å². The number of hydrogen-bond donors (Lipinski definition) is 0. The lowest BCUT2D eigenvalue weighted by atomic mass is 10.3. The van der Waals surface area contributed by atoms with Gasteiger partial charge in [0.2, 0.25) is 5.91 Å². The number of nitrogens with zero attached hydrogens (tertiary/aromatic N) is 3. The molecule has 0 aliphatic rings. The summed E-state index contributed by atoms with van der Waals surface area (Å²) in [5.41, 5.74) is 0.942. The van der Waals surface area contributed by atoms with Crippen molar-refractivity contribution >= 4 is 29.3 Å². The molecule has 1 aromatic heterocycles. The van der Waals surface area contributed by atoms with E-state index in [4.69, 9.17) is 11.6 Å². The molecule has 0 bridgehead atoms. The minimum Gasteiger partial charge on any atom is -0.343 e. The van der Waals surface area contributed by atoms with E-state index >= 15 is 0 Å². The van der Waals surface area contributed by atoms with Crippen molar-refractivity contribution in [2.45, 2.75) is 19.0 Å². The molecule has 1 amide bonds. The molecular formula is C15H18ClN3OS. The molecular weight excluding hydrogens is 306 g/mol. The molecule has 0 unspecified atom stereocenters. The maximum atomic E-state index is 12.0. The van der Waals surface area contributed by atoms with Crippen LogP contribution in [0.3, 0.4) is 0 Å². The van der Waals surface area contributed by atoms with E-state index in [2.05, 4.69) is 4.98 Å². The fourth-order valence-electron chi connectivity index (χ4n) is 2.01. The number of thioether (sulfide) groups is 1. The van der Waals surface area contributed by atoms with Crippen molar-refractivity contribution in [1.29, 1.82) is 0 Å². The number of carbonyl (C=O) groups is 1. The largest absolute Gasteiger partial charge is 0.343 e. The Hall–Kier alpha value is -1.46. The quantitative estimate of drug-likeness (QED) is 0.764. The maximum absolute atomic E-state index is 12.0. The van der Waals surface area contributed by atoms with E-state index in [1.54, 1.807) is 6.20 Å². The Morgan fingerprint density at radius 3 is 2.81 bits per heavy atom. The molecule has 0 spiro atoms. The number of hydrogen-bond acceptors (Lipinski definition) is 3. The fraction of sp³-hybridized carbons (Fsp3) is 0.333. The van der Waals surface area contributed by atoms with Crippen LogP contribution in [0.4, 0.5) is 0 Å². The molecule has 0 fully saturated rings. The topological polar surface area (TPSA) is 38.1 Å². The lowest BCUT2D eigenvalue weighted by molar-refractivity contribution is -0.127. The molecule has 6 heteroatoms. The van der Waals surface area contributed by atoms with Gasteiger partial charge in [-0.15, -0.1) is 0 Å². The van der Waals surface area contributed by atoms with E-state index in [-0.39, 0.29) is 5.91 Å². The Morgan fingerprint density at radius 2 is 2.14 bits per heavy atom. The number of imidazole rings is 1. The van der Waals surface area contributed by atoms with Crippen molar-refractivity contribution < 1.29 is 4.79 Å². The second-order valence-corrected chi connectivity index (χ2v) is 5.79. The van der Waals surface area contributed by atoms with E-state index in [9.17, 15) is 4.79 Å². The molecule has 1 aromatic carbocycles. The number of amides is 1. The van der Waals surface area contributed by atoms with Crippen LogP contribution in [0, 0.1) is 0 Å². The predicted molar refractivity (Wildman–Crippen MR) is 87.2 cm³/mol. The Balaban J connectivity index is 2.09. The van der Waals surface area contributed by atoms with Crippen molar-refractivity contribution in [3.63, 3.8) is 0 Å². The third-order valence-electron chi connectivity index (χ3n) is 3.13. The first-order valence-electron chi connectivity index (χ1n) is 6.85. The van der Waals surface area contributed by atoms with Gasteiger partial charge >= 0.3 is 0 Å². The maximum Gasteiger partial charge on any atom is 0.233 e. The zero-order valence-corrected chi connectivity index (χ0v) is 13.7. The minimum absolute atomic E-state index is 0.130. The van der Waals surface area contributed by atoms with Gasteiger partial charge in [-0.25, -0.2) is 4.98 Å². The number of aromatic nitrogens is 2. The number of halogens is 1. The SMILES string of the molecule is CCN(CC)C(=O)CSc1nccn1-c1cccc(Cl)c1. The van der Waals surface area contributed by atoms with Crippen LogP contribution in [0.15, 0.2) is 41.8 Å². The molecule has 2 rings (SSSR count). The van der Waals surface area contributed by atoms with Gasteiger partial charge in [-0.05, 0) is 32.0 Å². The summed E-state index contributed by atoms with van der Waals surface area (Å²) in [7, 11) is 0. The molecule has 1 heterocycles. The van der Waals surface area contributed by atoms with Crippen LogP contribution >= 0.6 is 23.4 Å². The molecule has 0 N–H and O–H groups in total. The lowest BCUT2D eigenvalue weighted by Gasteiger charge is -2.18. The normalized spacial score (nSPS) is 10.6. The average Bonchev–Trinajstić information content (AvgIpc) is 2.95. The Labute approximate surface area is 134 Å². The molecule has 0 radical (unpaired) electrons. The van der Waals surface area contributed by atoms with Crippen molar-refractivity contribution in [3.8, 4) is 5.69 Å².